The second kappa shape index (κ2) is 5.61. The molecule has 1 N–H and O–H groups in total. The van der Waals surface area contributed by atoms with Crippen molar-refractivity contribution >= 4 is 17.3 Å². The van der Waals surface area contributed by atoms with E-state index in [1.807, 2.05) is 12.1 Å². The van der Waals surface area contributed by atoms with Gasteiger partial charge in [-0.25, -0.2) is 0 Å². The van der Waals surface area contributed by atoms with E-state index in [4.69, 9.17) is 16.3 Å². The maximum absolute atomic E-state index is 6.06. The third-order valence-corrected chi connectivity index (χ3v) is 5.40. The summed E-state index contributed by atoms with van der Waals surface area (Å²) in [4.78, 5) is 0. The molecule has 0 amide bonds. The van der Waals surface area contributed by atoms with Crippen molar-refractivity contribution in [3.8, 4) is 5.75 Å². The fourth-order valence-electron chi connectivity index (χ4n) is 4.04. The van der Waals surface area contributed by atoms with Crippen molar-refractivity contribution in [2.24, 2.45) is 5.92 Å². The molecule has 0 spiro atoms. The molecule has 1 heterocycles. The lowest BCUT2D eigenvalue weighted by atomic mass is 9.75. The number of halogens is 1. The van der Waals surface area contributed by atoms with Gasteiger partial charge < -0.3 is 10.1 Å². The van der Waals surface area contributed by atoms with Crippen molar-refractivity contribution in [2.75, 3.05) is 12.4 Å². The summed E-state index contributed by atoms with van der Waals surface area (Å²) >= 11 is 6.06. The van der Waals surface area contributed by atoms with Gasteiger partial charge in [-0.1, -0.05) is 42.0 Å². The molecule has 4 rings (SSSR count). The molecule has 0 fully saturated rings. The minimum absolute atomic E-state index is 0.274. The van der Waals surface area contributed by atoms with Gasteiger partial charge in [-0.3, -0.25) is 0 Å². The molecule has 2 aromatic carbocycles. The predicted molar refractivity (Wildman–Crippen MR) is 95.5 cm³/mol. The van der Waals surface area contributed by atoms with Crippen molar-refractivity contribution in [3.05, 3.63) is 70.3 Å². The zero-order valence-electron chi connectivity index (χ0n) is 13.3. The predicted octanol–water partition coefficient (Wildman–Crippen LogP) is 5.48. The quantitative estimate of drug-likeness (QED) is 0.738. The lowest BCUT2D eigenvalue weighted by molar-refractivity contribution is 0.396. The van der Waals surface area contributed by atoms with E-state index >= 15 is 0 Å². The van der Waals surface area contributed by atoms with Gasteiger partial charge in [0.15, 0.2) is 0 Å². The monoisotopic (exact) mass is 325 g/mol. The summed E-state index contributed by atoms with van der Waals surface area (Å²) in [6.45, 7) is 2.19. The fourth-order valence-corrected chi connectivity index (χ4v) is 4.17. The van der Waals surface area contributed by atoms with Gasteiger partial charge in [-0.05, 0) is 54.2 Å². The molecule has 2 nitrogen and oxygen atoms in total. The van der Waals surface area contributed by atoms with Crippen LogP contribution in [0.1, 0.15) is 35.1 Å². The molecule has 2 aromatic rings. The number of aryl methyl sites for hydroxylation is 1. The summed E-state index contributed by atoms with van der Waals surface area (Å²) in [5, 5.41) is 4.53. The van der Waals surface area contributed by atoms with Crippen LogP contribution in [0.25, 0.3) is 0 Å². The first kappa shape index (κ1) is 14.6. The summed E-state index contributed by atoms with van der Waals surface area (Å²) < 4.78 is 5.61. The van der Waals surface area contributed by atoms with Crippen molar-refractivity contribution in [2.45, 2.75) is 25.3 Å². The first-order valence-corrected chi connectivity index (χ1v) is 8.43. The molecule has 1 aliphatic carbocycles. The lowest BCUT2D eigenvalue weighted by Gasteiger charge is -2.39. The fraction of sp³-hybridized carbons (Fsp3) is 0.300. The van der Waals surface area contributed by atoms with Crippen LogP contribution in [0.2, 0.25) is 5.02 Å². The van der Waals surface area contributed by atoms with Crippen molar-refractivity contribution in [1.82, 2.24) is 0 Å². The highest BCUT2D eigenvalue weighted by Crippen LogP contribution is 2.53. The van der Waals surface area contributed by atoms with E-state index < -0.39 is 0 Å². The smallest absolute Gasteiger partial charge is 0.142 e. The third-order valence-electron chi connectivity index (χ3n) is 5.15. The molecular weight excluding hydrogens is 306 g/mol. The number of hydrogen-bond acceptors (Lipinski definition) is 2. The van der Waals surface area contributed by atoms with Gasteiger partial charge in [0.1, 0.15) is 5.75 Å². The van der Waals surface area contributed by atoms with Crippen LogP contribution in [-0.4, -0.2) is 7.11 Å². The Bertz CT molecular complexity index is 766. The minimum atomic E-state index is 0.274. The van der Waals surface area contributed by atoms with Gasteiger partial charge >= 0.3 is 0 Å². The number of fused-ring (bicyclic) bond motifs is 3. The molecular formula is C20H20ClNO. The van der Waals surface area contributed by atoms with Gasteiger partial charge in [0, 0.05) is 10.9 Å². The molecule has 0 unspecified atom stereocenters. The number of hydrogen-bond donors (Lipinski definition) is 1. The molecule has 0 saturated heterocycles. The molecule has 0 aromatic heterocycles. The Hall–Kier alpha value is -1.93. The SMILES string of the molecule is COc1ccc(C)c2c1N[C@H](c1ccc(Cl)cc1)[C@H]1CC=C[C@H]21. The number of benzene rings is 2. The number of methoxy groups -OCH3 is 1. The van der Waals surface area contributed by atoms with Crippen LogP contribution >= 0.6 is 11.6 Å². The summed E-state index contributed by atoms with van der Waals surface area (Å²) in [5.74, 6) is 1.90. The summed E-state index contributed by atoms with van der Waals surface area (Å²) in [5.41, 5.74) is 5.13. The van der Waals surface area contributed by atoms with Crippen LogP contribution in [0.3, 0.4) is 0 Å². The molecule has 0 bridgehead atoms. The average molecular weight is 326 g/mol. The second-order valence-corrected chi connectivity index (χ2v) is 6.84. The Morgan fingerprint density at radius 1 is 1.13 bits per heavy atom. The van der Waals surface area contributed by atoms with Crippen LogP contribution in [0.5, 0.6) is 5.75 Å². The van der Waals surface area contributed by atoms with Crippen molar-refractivity contribution < 1.29 is 4.74 Å². The molecule has 2 aliphatic rings. The topological polar surface area (TPSA) is 21.3 Å². The molecule has 118 valence electrons. The molecule has 1 aliphatic heterocycles. The minimum Gasteiger partial charge on any atom is -0.495 e. The highest BCUT2D eigenvalue weighted by Gasteiger charge is 2.39. The Kier molecular flexibility index (Phi) is 3.57. The maximum Gasteiger partial charge on any atom is 0.142 e. The number of allylic oxidation sites excluding steroid dienone is 2. The number of anilines is 1. The highest BCUT2D eigenvalue weighted by molar-refractivity contribution is 6.30. The van der Waals surface area contributed by atoms with Crippen LogP contribution in [-0.2, 0) is 0 Å². The zero-order chi connectivity index (χ0) is 16.0. The van der Waals surface area contributed by atoms with Crippen LogP contribution in [0.15, 0.2) is 48.6 Å². The van der Waals surface area contributed by atoms with Crippen molar-refractivity contribution in [3.63, 3.8) is 0 Å². The number of rotatable bonds is 2. The molecule has 3 heteroatoms. The zero-order valence-corrected chi connectivity index (χ0v) is 14.1. The van der Waals surface area contributed by atoms with Gasteiger partial charge in [0.2, 0.25) is 0 Å². The summed E-state index contributed by atoms with van der Waals surface area (Å²) in [6.07, 6.45) is 5.77. The number of ether oxygens (including phenoxy) is 1. The Morgan fingerprint density at radius 2 is 1.91 bits per heavy atom. The Morgan fingerprint density at radius 3 is 2.65 bits per heavy atom. The summed E-state index contributed by atoms with van der Waals surface area (Å²) in [6, 6.07) is 12.7. The standard InChI is InChI=1S/C20H20ClNO/c1-12-6-11-17(23-2)20-18(12)15-4-3-5-16(15)19(22-20)13-7-9-14(21)10-8-13/h3-4,6-11,15-16,19,22H,5H2,1-2H3/t15-,16-,19+/m0/s1. The number of nitrogens with one attached hydrogen (secondary N) is 1. The summed E-state index contributed by atoms with van der Waals surface area (Å²) in [7, 11) is 1.74. The molecule has 23 heavy (non-hydrogen) atoms. The molecule has 0 radical (unpaired) electrons. The Balaban J connectivity index is 1.84. The van der Waals surface area contributed by atoms with Gasteiger partial charge in [-0.2, -0.15) is 0 Å². The van der Waals surface area contributed by atoms with Gasteiger partial charge in [0.05, 0.1) is 18.8 Å². The largest absolute Gasteiger partial charge is 0.495 e. The average Bonchev–Trinajstić information content (AvgIpc) is 3.04. The van der Waals surface area contributed by atoms with Crippen LogP contribution in [0, 0.1) is 12.8 Å². The lowest BCUT2D eigenvalue weighted by Crippen LogP contribution is -2.30. The Labute approximate surface area is 142 Å². The van der Waals surface area contributed by atoms with Crippen molar-refractivity contribution in [1.29, 1.82) is 0 Å². The van der Waals surface area contributed by atoms with Crippen LogP contribution < -0.4 is 10.1 Å². The molecule has 0 saturated carbocycles. The van der Waals surface area contributed by atoms with Crippen LogP contribution in [0.4, 0.5) is 5.69 Å². The maximum atomic E-state index is 6.06. The van der Waals surface area contributed by atoms with E-state index in [-0.39, 0.29) is 6.04 Å². The van der Waals surface area contributed by atoms with E-state index in [1.54, 1.807) is 7.11 Å². The second-order valence-electron chi connectivity index (χ2n) is 6.40. The van der Waals surface area contributed by atoms with Gasteiger partial charge in [-0.15, -0.1) is 0 Å². The van der Waals surface area contributed by atoms with E-state index in [1.165, 1.54) is 16.7 Å². The van der Waals surface area contributed by atoms with E-state index in [2.05, 4.69) is 48.7 Å². The third kappa shape index (κ3) is 2.33. The van der Waals surface area contributed by atoms with Gasteiger partial charge in [0.25, 0.3) is 0 Å². The normalized spacial score (nSPS) is 24.7. The molecule has 3 atom stereocenters. The van der Waals surface area contributed by atoms with E-state index in [9.17, 15) is 0 Å². The highest BCUT2D eigenvalue weighted by atomic mass is 35.5. The first-order valence-electron chi connectivity index (χ1n) is 8.05. The van der Waals surface area contributed by atoms with E-state index in [0.29, 0.717) is 11.8 Å². The first-order chi connectivity index (χ1) is 11.2. The van der Waals surface area contributed by atoms with E-state index in [0.717, 1.165) is 22.9 Å².